The number of aliphatic hydroxyl groups is 1. The second kappa shape index (κ2) is 7.24. The van der Waals surface area contributed by atoms with Gasteiger partial charge in [0.25, 0.3) is 0 Å². The summed E-state index contributed by atoms with van der Waals surface area (Å²) in [4.78, 5) is 7.06. The smallest absolute Gasteiger partial charge is 0.206 e. The quantitative estimate of drug-likeness (QED) is 0.782. The zero-order chi connectivity index (χ0) is 13.1. The van der Waals surface area contributed by atoms with Crippen LogP contribution in [-0.2, 0) is 6.54 Å². The third kappa shape index (κ3) is 3.07. The van der Waals surface area contributed by atoms with Crippen LogP contribution in [0.15, 0.2) is 24.3 Å². The first kappa shape index (κ1) is 15.5. The number of para-hydroxylation sites is 2. The summed E-state index contributed by atoms with van der Waals surface area (Å²) in [6, 6.07) is 8.12. The largest absolute Gasteiger partial charge is 0.395 e. The Morgan fingerprint density at radius 3 is 2.90 bits per heavy atom. The summed E-state index contributed by atoms with van der Waals surface area (Å²) in [5.41, 5.74) is 2.10. The predicted molar refractivity (Wildman–Crippen MR) is 91.9 cm³/mol. The van der Waals surface area contributed by atoms with E-state index in [0.29, 0.717) is 6.54 Å². The van der Waals surface area contributed by atoms with Crippen molar-refractivity contribution in [3.63, 3.8) is 0 Å². The second-order valence-electron chi connectivity index (χ2n) is 4.87. The van der Waals surface area contributed by atoms with E-state index in [4.69, 9.17) is 4.98 Å². The molecule has 2 aromatic rings. The normalized spacial score (nSPS) is 15.9. The summed E-state index contributed by atoms with van der Waals surface area (Å²) in [5, 5.41) is 12.7. The van der Waals surface area contributed by atoms with E-state index >= 15 is 0 Å². The highest BCUT2D eigenvalue weighted by Gasteiger charge is 2.17. The maximum atomic E-state index is 9.30. The molecule has 20 heavy (non-hydrogen) atoms. The van der Waals surface area contributed by atoms with E-state index < -0.39 is 0 Å². The molecule has 3 rings (SSSR count). The molecule has 0 radical (unpaired) electrons. The molecule has 1 aromatic carbocycles. The van der Waals surface area contributed by atoms with Crippen molar-refractivity contribution in [2.45, 2.75) is 13.0 Å². The Morgan fingerprint density at radius 1 is 1.20 bits per heavy atom. The lowest BCUT2D eigenvalue weighted by molar-refractivity contribution is 0.278. The first-order valence-corrected chi connectivity index (χ1v) is 6.92. The highest BCUT2D eigenvalue weighted by atomic mass is 127. The maximum absolute atomic E-state index is 9.30. The first-order chi connectivity index (χ1) is 9.40. The molecule has 2 heterocycles. The predicted octanol–water partition coefficient (Wildman–Crippen LogP) is 1.45. The Morgan fingerprint density at radius 2 is 2.05 bits per heavy atom. The number of anilines is 1. The Kier molecular flexibility index (Phi) is 5.62. The van der Waals surface area contributed by atoms with Gasteiger partial charge in [0, 0.05) is 26.2 Å². The van der Waals surface area contributed by atoms with E-state index in [9.17, 15) is 5.11 Å². The van der Waals surface area contributed by atoms with Crippen LogP contribution in [0.2, 0.25) is 0 Å². The van der Waals surface area contributed by atoms with Crippen molar-refractivity contribution in [1.29, 1.82) is 0 Å². The molecule has 6 heteroatoms. The molecule has 0 aliphatic carbocycles. The number of benzene rings is 1. The monoisotopic (exact) mass is 388 g/mol. The van der Waals surface area contributed by atoms with E-state index in [0.717, 1.165) is 49.6 Å². The molecule has 1 aromatic heterocycles. The van der Waals surface area contributed by atoms with Gasteiger partial charge in [0.05, 0.1) is 17.6 Å². The van der Waals surface area contributed by atoms with Crippen LogP contribution in [-0.4, -0.2) is 47.4 Å². The van der Waals surface area contributed by atoms with Gasteiger partial charge in [0.1, 0.15) is 0 Å². The molecule has 5 nitrogen and oxygen atoms in total. The van der Waals surface area contributed by atoms with E-state index in [1.165, 1.54) is 0 Å². The SMILES string of the molecule is I.OCCn1c(N2CCCNCC2)nc2ccccc21. The Labute approximate surface area is 136 Å². The Balaban J connectivity index is 0.00000147. The molecule has 0 amide bonds. The Hall–Kier alpha value is -0.860. The van der Waals surface area contributed by atoms with Crippen LogP contribution in [0.4, 0.5) is 5.95 Å². The maximum Gasteiger partial charge on any atom is 0.206 e. The summed E-state index contributed by atoms with van der Waals surface area (Å²) in [5.74, 6) is 0.985. The van der Waals surface area contributed by atoms with Gasteiger partial charge in [0.2, 0.25) is 5.95 Å². The number of rotatable bonds is 3. The van der Waals surface area contributed by atoms with Gasteiger partial charge in [0.15, 0.2) is 0 Å². The molecular formula is C14H21IN4O. The molecular weight excluding hydrogens is 367 g/mol. The number of aromatic nitrogens is 2. The summed E-state index contributed by atoms with van der Waals surface area (Å²) in [6.45, 7) is 4.77. The van der Waals surface area contributed by atoms with Crippen LogP contribution in [0.5, 0.6) is 0 Å². The number of hydrogen-bond donors (Lipinski definition) is 2. The number of halogens is 1. The molecule has 1 fully saturated rings. The minimum atomic E-state index is 0. The molecule has 1 saturated heterocycles. The molecule has 0 unspecified atom stereocenters. The van der Waals surface area contributed by atoms with Gasteiger partial charge < -0.3 is 19.9 Å². The average Bonchev–Trinajstić information content (AvgIpc) is 2.64. The van der Waals surface area contributed by atoms with Crippen molar-refractivity contribution in [3.05, 3.63) is 24.3 Å². The second-order valence-corrected chi connectivity index (χ2v) is 4.87. The van der Waals surface area contributed by atoms with Gasteiger partial charge >= 0.3 is 0 Å². The third-order valence-electron chi connectivity index (χ3n) is 3.58. The van der Waals surface area contributed by atoms with Gasteiger partial charge in [-0.15, -0.1) is 24.0 Å². The van der Waals surface area contributed by atoms with Crippen molar-refractivity contribution in [2.24, 2.45) is 0 Å². The van der Waals surface area contributed by atoms with E-state index in [2.05, 4.69) is 20.9 Å². The van der Waals surface area contributed by atoms with E-state index in [1.807, 2.05) is 18.2 Å². The van der Waals surface area contributed by atoms with Crippen molar-refractivity contribution in [2.75, 3.05) is 37.7 Å². The summed E-state index contributed by atoms with van der Waals surface area (Å²) >= 11 is 0. The fraction of sp³-hybridized carbons (Fsp3) is 0.500. The fourth-order valence-electron chi connectivity index (χ4n) is 2.67. The highest BCUT2D eigenvalue weighted by molar-refractivity contribution is 14.0. The number of nitrogens with zero attached hydrogens (tertiary/aromatic N) is 3. The van der Waals surface area contributed by atoms with Gasteiger partial charge in [-0.2, -0.15) is 0 Å². The molecule has 110 valence electrons. The minimum Gasteiger partial charge on any atom is -0.395 e. The van der Waals surface area contributed by atoms with Gasteiger partial charge in [-0.25, -0.2) is 4.98 Å². The molecule has 1 aliphatic rings. The van der Waals surface area contributed by atoms with Crippen LogP contribution in [0.25, 0.3) is 11.0 Å². The van der Waals surface area contributed by atoms with Crippen LogP contribution in [0, 0.1) is 0 Å². The van der Waals surface area contributed by atoms with Crippen LogP contribution in [0.1, 0.15) is 6.42 Å². The fourth-order valence-corrected chi connectivity index (χ4v) is 2.67. The van der Waals surface area contributed by atoms with Crippen molar-refractivity contribution in [1.82, 2.24) is 14.9 Å². The third-order valence-corrected chi connectivity index (χ3v) is 3.58. The molecule has 1 aliphatic heterocycles. The van der Waals surface area contributed by atoms with Crippen LogP contribution in [0.3, 0.4) is 0 Å². The van der Waals surface area contributed by atoms with E-state index in [-0.39, 0.29) is 30.6 Å². The highest BCUT2D eigenvalue weighted by Crippen LogP contribution is 2.22. The van der Waals surface area contributed by atoms with Crippen molar-refractivity contribution >= 4 is 41.0 Å². The van der Waals surface area contributed by atoms with E-state index in [1.54, 1.807) is 0 Å². The van der Waals surface area contributed by atoms with Gasteiger partial charge in [-0.3, -0.25) is 0 Å². The average molecular weight is 388 g/mol. The molecule has 2 N–H and O–H groups in total. The number of aliphatic hydroxyl groups excluding tert-OH is 1. The lowest BCUT2D eigenvalue weighted by Gasteiger charge is -2.22. The molecule has 0 bridgehead atoms. The molecule has 0 atom stereocenters. The molecule has 0 saturated carbocycles. The zero-order valence-electron chi connectivity index (χ0n) is 11.5. The topological polar surface area (TPSA) is 53.3 Å². The van der Waals surface area contributed by atoms with Crippen LogP contribution >= 0.6 is 24.0 Å². The standard InChI is InChI=1S/C14H20N4O.HI/c19-11-10-18-13-5-2-1-4-12(13)16-14(18)17-8-3-6-15-7-9-17;/h1-2,4-5,15,19H,3,6-11H2;1H. The number of imidazole rings is 1. The first-order valence-electron chi connectivity index (χ1n) is 6.92. The summed E-state index contributed by atoms with van der Waals surface area (Å²) < 4.78 is 2.13. The Bertz CT molecular complexity index is 549. The van der Waals surface area contributed by atoms with Gasteiger partial charge in [-0.1, -0.05) is 12.1 Å². The van der Waals surface area contributed by atoms with Gasteiger partial charge in [-0.05, 0) is 25.1 Å². The zero-order valence-corrected chi connectivity index (χ0v) is 13.8. The van der Waals surface area contributed by atoms with Crippen molar-refractivity contribution in [3.8, 4) is 0 Å². The molecule has 0 spiro atoms. The minimum absolute atomic E-state index is 0. The summed E-state index contributed by atoms with van der Waals surface area (Å²) in [7, 11) is 0. The lowest BCUT2D eigenvalue weighted by Crippen LogP contribution is -2.30. The number of nitrogens with one attached hydrogen (secondary N) is 1. The number of hydrogen-bond acceptors (Lipinski definition) is 4. The summed E-state index contributed by atoms with van der Waals surface area (Å²) in [6.07, 6.45) is 1.13. The van der Waals surface area contributed by atoms with Crippen LogP contribution < -0.4 is 10.2 Å². The number of fused-ring (bicyclic) bond motifs is 1. The lowest BCUT2D eigenvalue weighted by atomic mass is 10.3. The van der Waals surface area contributed by atoms with Crippen molar-refractivity contribution < 1.29 is 5.11 Å².